The van der Waals surface area contributed by atoms with Gasteiger partial charge in [0.15, 0.2) is 5.13 Å². The molecule has 0 radical (unpaired) electrons. The molecular weight excluding hydrogens is 504 g/mol. The fourth-order valence-corrected chi connectivity index (χ4v) is 6.67. The van der Waals surface area contributed by atoms with Gasteiger partial charge in [-0.3, -0.25) is 9.69 Å². The summed E-state index contributed by atoms with van der Waals surface area (Å²) >= 11 is 1.49. The van der Waals surface area contributed by atoms with Gasteiger partial charge >= 0.3 is 0 Å². The zero-order chi connectivity index (χ0) is 24.1. The van der Waals surface area contributed by atoms with Crippen molar-refractivity contribution in [3.63, 3.8) is 0 Å². The van der Waals surface area contributed by atoms with Crippen LogP contribution < -0.4 is 4.90 Å². The van der Waals surface area contributed by atoms with E-state index in [4.69, 9.17) is 4.98 Å². The van der Waals surface area contributed by atoms with Crippen molar-refractivity contribution in [2.24, 2.45) is 0 Å². The number of amides is 1. The number of carbonyl (C=O) groups excluding carboxylic acids is 1. The number of carbonyl (C=O) groups is 1. The van der Waals surface area contributed by atoms with Crippen molar-refractivity contribution in [2.75, 3.05) is 45.2 Å². The van der Waals surface area contributed by atoms with Gasteiger partial charge in [0.05, 0.1) is 15.1 Å². The average molecular weight is 537 g/mol. The molecule has 7 nitrogen and oxygen atoms in total. The number of halogens is 1. The van der Waals surface area contributed by atoms with Crippen molar-refractivity contribution in [1.29, 1.82) is 0 Å². The molecule has 0 unspecified atom stereocenters. The molecular formula is C25H33ClN4O3S2. The van der Waals surface area contributed by atoms with Crippen LogP contribution in [0.3, 0.4) is 0 Å². The molecule has 10 heteroatoms. The summed E-state index contributed by atoms with van der Waals surface area (Å²) in [5.41, 5.74) is 1.32. The lowest BCUT2D eigenvalue weighted by molar-refractivity contribution is 0.0986. The number of fused-ring (bicyclic) bond motifs is 1. The Balaban J connectivity index is 0.00000342. The maximum Gasteiger partial charge on any atom is 0.260 e. The molecule has 0 aliphatic carbocycles. The first-order chi connectivity index (χ1) is 16.4. The standard InChI is InChI=1S/C25H32N4O3S2.ClH/c1-27(2)16-9-19-29(25-26-22-10-5-6-11-23(22)33-25)24(30)20-12-14-21(15-13-20)34(31,32)28-17-7-3-4-8-18-28;/h5-6,10-15H,3-4,7-9,16-19H2,1-2H3;1H. The highest BCUT2D eigenvalue weighted by molar-refractivity contribution is 7.89. The number of aromatic nitrogens is 1. The maximum absolute atomic E-state index is 13.5. The molecule has 0 N–H and O–H groups in total. The summed E-state index contributed by atoms with van der Waals surface area (Å²) in [5, 5.41) is 0.659. The third-order valence-corrected chi connectivity index (χ3v) is 9.02. The average Bonchev–Trinajstić information content (AvgIpc) is 3.05. The molecule has 1 aliphatic rings. The van der Waals surface area contributed by atoms with E-state index in [9.17, 15) is 13.2 Å². The van der Waals surface area contributed by atoms with E-state index in [1.54, 1.807) is 33.5 Å². The first kappa shape index (κ1) is 27.5. The molecule has 2 aromatic carbocycles. The lowest BCUT2D eigenvalue weighted by Crippen LogP contribution is -2.34. The number of rotatable bonds is 8. The Kier molecular flexibility index (Phi) is 9.66. The van der Waals surface area contributed by atoms with Crippen LogP contribution in [0.15, 0.2) is 53.4 Å². The van der Waals surface area contributed by atoms with Crippen molar-refractivity contribution in [3.8, 4) is 0 Å². The van der Waals surface area contributed by atoms with Crippen LogP contribution in [-0.2, 0) is 10.0 Å². The molecule has 0 bridgehead atoms. The first-order valence-electron chi connectivity index (χ1n) is 11.8. The van der Waals surface area contributed by atoms with Gasteiger partial charge in [0.25, 0.3) is 5.91 Å². The summed E-state index contributed by atoms with van der Waals surface area (Å²) in [6.45, 7) is 2.49. The molecule has 1 amide bonds. The zero-order valence-corrected chi connectivity index (χ0v) is 22.7. The van der Waals surface area contributed by atoms with Gasteiger partial charge in [-0.05, 0) is 76.3 Å². The lowest BCUT2D eigenvalue weighted by Gasteiger charge is -2.22. The summed E-state index contributed by atoms with van der Waals surface area (Å²) in [6.07, 6.45) is 4.71. The normalized spacial score (nSPS) is 15.1. The molecule has 1 fully saturated rings. The predicted octanol–water partition coefficient (Wildman–Crippen LogP) is 4.88. The Morgan fingerprint density at radius 2 is 1.63 bits per heavy atom. The van der Waals surface area contributed by atoms with E-state index in [0.29, 0.717) is 30.3 Å². The number of hydrogen-bond acceptors (Lipinski definition) is 6. The van der Waals surface area contributed by atoms with Crippen LogP contribution in [-0.4, -0.2) is 68.8 Å². The Morgan fingerprint density at radius 1 is 0.971 bits per heavy atom. The van der Waals surface area contributed by atoms with Crippen LogP contribution in [0.4, 0.5) is 5.13 Å². The van der Waals surface area contributed by atoms with Crippen molar-refractivity contribution in [1.82, 2.24) is 14.2 Å². The van der Waals surface area contributed by atoms with Gasteiger partial charge < -0.3 is 4.90 Å². The third-order valence-electron chi connectivity index (χ3n) is 6.05. The summed E-state index contributed by atoms with van der Waals surface area (Å²) in [7, 11) is 0.466. The van der Waals surface area contributed by atoms with E-state index >= 15 is 0 Å². The monoisotopic (exact) mass is 536 g/mol. The molecule has 2 heterocycles. The summed E-state index contributed by atoms with van der Waals surface area (Å²) in [4.78, 5) is 22.3. The molecule has 0 spiro atoms. The fraction of sp³-hybridized carbons (Fsp3) is 0.440. The van der Waals surface area contributed by atoms with Gasteiger partial charge in [0.2, 0.25) is 10.0 Å². The summed E-state index contributed by atoms with van der Waals surface area (Å²) in [5.74, 6) is -0.170. The molecule has 1 saturated heterocycles. The van der Waals surface area contributed by atoms with E-state index in [1.165, 1.54) is 11.3 Å². The Labute approximate surface area is 218 Å². The summed E-state index contributed by atoms with van der Waals surface area (Å²) < 4.78 is 28.8. The van der Waals surface area contributed by atoms with Crippen molar-refractivity contribution in [3.05, 3.63) is 54.1 Å². The highest BCUT2D eigenvalue weighted by Crippen LogP contribution is 2.30. The van der Waals surface area contributed by atoms with Crippen LogP contribution >= 0.6 is 23.7 Å². The molecule has 3 aromatic rings. The second-order valence-corrected chi connectivity index (χ2v) is 11.9. The van der Waals surface area contributed by atoms with Gasteiger partial charge in [-0.2, -0.15) is 4.31 Å². The minimum atomic E-state index is -3.55. The van der Waals surface area contributed by atoms with Gasteiger partial charge in [0, 0.05) is 25.2 Å². The minimum Gasteiger partial charge on any atom is -0.309 e. The Hall–Kier alpha value is -2.04. The van der Waals surface area contributed by atoms with E-state index in [1.807, 2.05) is 38.4 Å². The van der Waals surface area contributed by atoms with Crippen LogP contribution in [0.2, 0.25) is 0 Å². The number of para-hydroxylation sites is 1. The number of sulfonamides is 1. The molecule has 4 rings (SSSR count). The summed E-state index contributed by atoms with van der Waals surface area (Å²) in [6, 6.07) is 14.2. The van der Waals surface area contributed by atoms with E-state index in [0.717, 1.165) is 48.9 Å². The van der Waals surface area contributed by atoms with E-state index in [-0.39, 0.29) is 23.2 Å². The second kappa shape index (κ2) is 12.3. The number of thiazole rings is 1. The minimum absolute atomic E-state index is 0. The van der Waals surface area contributed by atoms with Crippen molar-refractivity contribution < 1.29 is 13.2 Å². The maximum atomic E-state index is 13.5. The van der Waals surface area contributed by atoms with Crippen molar-refractivity contribution >= 4 is 55.0 Å². The molecule has 0 saturated carbocycles. The smallest absolute Gasteiger partial charge is 0.260 e. The molecule has 1 aromatic heterocycles. The number of hydrogen-bond donors (Lipinski definition) is 0. The molecule has 35 heavy (non-hydrogen) atoms. The SMILES string of the molecule is CN(C)CCCN(C(=O)c1ccc(S(=O)(=O)N2CCCCCC2)cc1)c1nc2ccccc2s1.Cl. The van der Waals surface area contributed by atoms with Gasteiger partial charge in [-0.1, -0.05) is 36.3 Å². The fourth-order valence-electron chi connectivity index (χ4n) is 4.16. The first-order valence-corrected chi connectivity index (χ1v) is 14.0. The molecule has 1 aliphatic heterocycles. The number of nitrogens with zero attached hydrogens (tertiary/aromatic N) is 4. The Bertz CT molecular complexity index is 1190. The largest absolute Gasteiger partial charge is 0.309 e. The van der Waals surface area contributed by atoms with E-state index < -0.39 is 10.0 Å². The molecule has 0 atom stereocenters. The van der Waals surface area contributed by atoms with Gasteiger partial charge in [-0.15, -0.1) is 12.4 Å². The van der Waals surface area contributed by atoms with Gasteiger partial charge in [-0.25, -0.2) is 13.4 Å². The van der Waals surface area contributed by atoms with Crippen molar-refractivity contribution in [2.45, 2.75) is 37.0 Å². The second-order valence-electron chi connectivity index (χ2n) is 8.92. The number of benzene rings is 2. The topological polar surface area (TPSA) is 73.8 Å². The number of anilines is 1. The van der Waals surface area contributed by atoms with Crippen LogP contribution in [0.25, 0.3) is 10.2 Å². The van der Waals surface area contributed by atoms with Crippen LogP contribution in [0, 0.1) is 0 Å². The Morgan fingerprint density at radius 3 is 2.26 bits per heavy atom. The van der Waals surface area contributed by atoms with Crippen LogP contribution in [0.1, 0.15) is 42.5 Å². The van der Waals surface area contributed by atoms with E-state index in [2.05, 4.69) is 4.90 Å². The predicted molar refractivity (Wildman–Crippen MR) is 145 cm³/mol. The van der Waals surface area contributed by atoms with Gasteiger partial charge in [0.1, 0.15) is 0 Å². The highest BCUT2D eigenvalue weighted by atomic mass is 35.5. The zero-order valence-electron chi connectivity index (χ0n) is 20.2. The molecule has 190 valence electrons. The van der Waals surface area contributed by atoms with Crippen LogP contribution in [0.5, 0.6) is 0 Å². The quantitative estimate of drug-likeness (QED) is 0.410. The highest BCUT2D eigenvalue weighted by Gasteiger charge is 2.26. The lowest BCUT2D eigenvalue weighted by atomic mass is 10.2. The third kappa shape index (κ3) is 6.59.